The Morgan fingerprint density at radius 2 is 1.88 bits per heavy atom. The number of hydrogen-bond donors (Lipinski definition) is 2. The lowest BCUT2D eigenvalue weighted by molar-refractivity contribution is 0.163. The molecule has 0 unspecified atom stereocenters. The largest absolute Gasteiger partial charge is 0.383 e. The summed E-state index contributed by atoms with van der Waals surface area (Å²) in [4.78, 5) is 8.41. The van der Waals surface area contributed by atoms with Gasteiger partial charge in [-0.2, -0.15) is 0 Å². The summed E-state index contributed by atoms with van der Waals surface area (Å²) in [6, 6.07) is 0. The number of anilines is 2. The fourth-order valence-electron chi connectivity index (χ4n) is 1.22. The molecule has 0 aliphatic heterocycles. The fraction of sp³-hybridized carbons (Fsp3) is 0.636. The Hall–Kier alpha value is -1.46. The number of halogens is 2. The maximum Gasteiger partial charge on any atom is 0.255 e. The second-order valence-electron chi connectivity index (χ2n) is 4.93. The van der Waals surface area contributed by atoms with Gasteiger partial charge in [-0.05, 0) is 6.92 Å². The van der Waals surface area contributed by atoms with Crippen molar-refractivity contribution < 1.29 is 8.78 Å². The van der Waals surface area contributed by atoms with E-state index < -0.39 is 13.0 Å². The summed E-state index contributed by atoms with van der Waals surface area (Å²) in [6.45, 7) is 7.08. The number of nitrogens with zero attached hydrogens (tertiary/aromatic N) is 2. The number of hydrogen-bond acceptors (Lipinski definition) is 4. The molecule has 0 radical (unpaired) electrons. The average Bonchev–Trinajstić information content (AvgIpc) is 2.18. The van der Waals surface area contributed by atoms with Crippen LogP contribution >= 0.6 is 0 Å². The van der Waals surface area contributed by atoms with Crippen LogP contribution in [0.5, 0.6) is 0 Å². The number of aromatic nitrogens is 2. The van der Waals surface area contributed by atoms with Gasteiger partial charge < -0.3 is 11.1 Å². The number of rotatable bonds is 3. The van der Waals surface area contributed by atoms with Crippen LogP contribution in [-0.4, -0.2) is 22.9 Å². The molecule has 0 aliphatic carbocycles. The first kappa shape index (κ1) is 13.6. The predicted octanol–water partition coefficient (Wildman–Crippen LogP) is 2.34. The minimum absolute atomic E-state index is 0.275. The third-order valence-electron chi connectivity index (χ3n) is 2.28. The maximum absolute atomic E-state index is 12.2. The molecule has 1 aromatic rings. The van der Waals surface area contributed by atoms with Crippen molar-refractivity contribution in [1.29, 1.82) is 0 Å². The molecule has 0 aliphatic rings. The summed E-state index contributed by atoms with van der Waals surface area (Å²) in [6.07, 6.45) is -2.43. The van der Waals surface area contributed by atoms with Gasteiger partial charge in [0.2, 0.25) is 0 Å². The monoisotopic (exact) mass is 244 g/mol. The molecule has 0 saturated carbocycles. The van der Waals surface area contributed by atoms with E-state index in [9.17, 15) is 8.78 Å². The molecule has 4 nitrogen and oxygen atoms in total. The summed E-state index contributed by atoms with van der Waals surface area (Å²) >= 11 is 0. The molecule has 96 valence electrons. The molecule has 3 N–H and O–H groups in total. The standard InChI is InChI=1S/C11H18F2N4/c1-6-8(14)16-10(11(2,3)4)17-9(6)15-5-7(12)13/h7H,5H2,1-4H3,(H3,14,15,16,17). The number of nitrogen functional groups attached to an aromatic ring is 1. The molecular formula is C11H18F2N4. The van der Waals surface area contributed by atoms with E-state index in [1.807, 2.05) is 20.8 Å². The van der Waals surface area contributed by atoms with Crippen molar-refractivity contribution in [3.63, 3.8) is 0 Å². The topological polar surface area (TPSA) is 63.8 Å². The average molecular weight is 244 g/mol. The third-order valence-corrected chi connectivity index (χ3v) is 2.28. The lowest BCUT2D eigenvalue weighted by Crippen LogP contribution is -2.20. The first-order chi connectivity index (χ1) is 7.71. The Morgan fingerprint density at radius 1 is 1.29 bits per heavy atom. The van der Waals surface area contributed by atoms with E-state index in [1.54, 1.807) is 6.92 Å². The van der Waals surface area contributed by atoms with E-state index in [0.717, 1.165) is 0 Å². The van der Waals surface area contributed by atoms with E-state index >= 15 is 0 Å². The van der Waals surface area contributed by atoms with Crippen LogP contribution in [0.3, 0.4) is 0 Å². The van der Waals surface area contributed by atoms with Crippen molar-refractivity contribution in [3.05, 3.63) is 11.4 Å². The smallest absolute Gasteiger partial charge is 0.255 e. The highest BCUT2D eigenvalue weighted by atomic mass is 19.3. The van der Waals surface area contributed by atoms with Crippen LogP contribution in [0.2, 0.25) is 0 Å². The van der Waals surface area contributed by atoms with Gasteiger partial charge >= 0.3 is 0 Å². The summed E-state index contributed by atoms with van der Waals surface area (Å²) < 4.78 is 24.3. The molecule has 0 saturated heterocycles. The summed E-state index contributed by atoms with van der Waals surface area (Å²) in [5, 5.41) is 2.58. The van der Waals surface area contributed by atoms with Gasteiger partial charge in [-0.3, -0.25) is 0 Å². The van der Waals surface area contributed by atoms with Gasteiger partial charge in [0.15, 0.2) is 0 Å². The maximum atomic E-state index is 12.2. The highest BCUT2D eigenvalue weighted by Crippen LogP contribution is 2.24. The van der Waals surface area contributed by atoms with Gasteiger partial charge in [0, 0.05) is 11.0 Å². The Kier molecular flexibility index (Phi) is 3.85. The highest BCUT2D eigenvalue weighted by molar-refractivity contribution is 5.55. The molecule has 1 rings (SSSR count). The van der Waals surface area contributed by atoms with E-state index in [-0.39, 0.29) is 5.41 Å². The van der Waals surface area contributed by atoms with Gasteiger partial charge in [0.25, 0.3) is 6.43 Å². The van der Waals surface area contributed by atoms with Gasteiger partial charge in [0.1, 0.15) is 17.5 Å². The van der Waals surface area contributed by atoms with Crippen LogP contribution in [0.15, 0.2) is 0 Å². The van der Waals surface area contributed by atoms with Crippen LogP contribution in [0.4, 0.5) is 20.4 Å². The van der Waals surface area contributed by atoms with E-state index in [4.69, 9.17) is 5.73 Å². The molecule has 1 heterocycles. The third kappa shape index (κ3) is 3.51. The lowest BCUT2D eigenvalue weighted by atomic mass is 9.95. The minimum atomic E-state index is -2.43. The Morgan fingerprint density at radius 3 is 2.35 bits per heavy atom. The second kappa shape index (κ2) is 4.81. The zero-order valence-electron chi connectivity index (χ0n) is 10.5. The van der Waals surface area contributed by atoms with Crippen molar-refractivity contribution >= 4 is 11.6 Å². The Labute approximate surface area is 99.6 Å². The van der Waals surface area contributed by atoms with Gasteiger partial charge in [-0.15, -0.1) is 0 Å². The lowest BCUT2D eigenvalue weighted by Gasteiger charge is -2.19. The predicted molar refractivity (Wildman–Crippen MR) is 64.4 cm³/mol. The summed E-state index contributed by atoms with van der Waals surface area (Å²) in [7, 11) is 0. The fourth-order valence-corrected chi connectivity index (χ4v) is 1.22. The van der Waals surface area contributed by atoms with Crippen molar-refractivity contribution in [3.8, 4) is 0 Å². The quantitative estimate of drug-likeness (QED) is 0.856. The van der Waals surface area contributed by atoms with Crippen molar-refractivity contribution in [2.24, 2.45) is 0 Å². The molecule has 0 amide bonds. The van der Waals surface area contributed by atoms with Crippen LogP contribution in [0.25, 0.3) is 0 Å². The molecule has 1 aromatic heterocycles. The molecule has 6 heteroatoms. The van der Waals surface area contributed by atoms with Crippen molar-refractivity contribution in [2.45, 2.75) is 39.5 Å². The van der Waals surface area contributed by atoms with Crippen LogP contribution < -0.4 is 11.1 Å². The molecule has 17 heavy (non-hydrogen) atoms. The summed E-state index contributed by atoms with van der Waals surface area (Å²) in [5.41, 5.74) is 6.07. The van der Waals surface area contributed by atoms with Crippen molar-refractivity contribution in [2.75, 3.05) is 17.6 Å². The SMILES string of the molecule is Cc1c(N)nc(C(C)(C)C)nc1NCC(F)F. The zero-order valence-corrected chi connectivity index (χ0v) is 10.5. The Bertz CT molecular complexity index is 399. The summed E-state index contributed by atoms with van der Waals surface area (Å²) in [5.74, 6) is 1.24. The van der Waals surface area contributed by atoms with Crippen LogP contribution in [0.1, 0.15) is 32.2 Å². The van der Waals surface area contributed by atoms with Gasteiger partial charge in [0.05, 0.1) is 6.54 Å². The van der Waals surface area contributed by atoms with Crippen LogP contribution in [0, 0.1) is 6.92 Å². The Balaban J connectivity index is 3.07. The number of nitrogens with two attached hydrogens (primary N) is 1. The minimum Gasteiger partial charge on any atom is -0.383 e. The molecule has 0 spiro atoms. The normalized spacial score (nSPS) is 11.9. The first-order valence-corrected chi connectivity index (χ1v) is 5.38. The number of alkyl halides is 2. The van der Waals surface area contributed by atoms with Crippen LogP contribution in [-0.2, 0) is 5.41 Å². The molecule has 0 fully saturated rings. The van der Waals surface area contributed by atoms with E-state index in [1.165, 1.54) is 0 Å². The highest BCUT2D eigenvalue weighted by Gasteiger charge is 2.20. The van der Waals surface area contributed by atoms with Gasteiger partial charge in [-0.1, -0.05) is 20.8 Å². The molecule has 0 atom stereocenters. The first-order valence-electron chi connectivity index (χ1n) is 5.38. The molecular weight excluding hydrogens is 226 g/mol. The second-order valence-corrected chi connectivity index (χ2v) is 4.93. The van der Waals surface area contributed by atoms with E-state index in [2.05, 4.69) is 15.3 Å². The molecule has 0 aromatic carbocycles. The molecule has 0 bridgehead atoms. The van der Waals surface area contributed by atoms with E-state index in [0.29, 0.717) is 23.0 Å². The zero-order chi connectivity index (χ0) is 13.2. The van der Waals surface area contributed by atoms with Gasteiger partial charge in [-0.25, -0.2) is 18.7 Å². The van der Waals surface area contributed by atoms with Crippen molar-refractivity contribution in [1.82, 2.24) is 9.97 Å². The number of nitrogens with one attached hydrogen (secondary N) is 1.